The van der Waals surface area contributed by atoms with Gasteiger partial charge in [0.25, 0.3) is 5.69 Å². The summed E-state index contributed by atoms with van der Waals surface area (Å²) in [6.07, 6.45) is 2.84. The van der Waals surface area contributed by atoms with E-state index in [1.807, 2.05) is 0 Å². The maximum atomic E-state index is 10.9. The summed E-state index contributed by atoms with van der Waals surface area (Å²) in [4.78, 5) is 21.3. The van der Waals surface area contributed by atoms with Gasteiger partial charge >= 0.3 is 5.97 Å². The minimum Gasteiger partial charge on any atom is -0.481 e. The SMILES string of the molecule is O=C(O)CC1(CNc2ccccc2[N+](=O)[O-])CCC1. The van der Waals surface area contributed by atoms with Gasteiger partial charge in [0.05, 0.1) is 11.3 Å². The molecule has 1 aliphatic rings. The molecule has 1 fully saturated rings. The van der Waals surface area contributed by atoms with Gasteiger partial charge < -0.3 is 10.4 Å². The number of anilines is 1. The molecule has 2 rings (SSSR count). The molecule has 19 heavy (non-hydrogen) atoms. The summed E-state index contributed by atoms with van der Waals surface area (Å²) in [7, 11) is 0. The van der Waals surface area contributed by atoms with Gasteiger partial charge in [-0.2, -0.15) is 0 Å². The number of nitrogens with one attached hydrogen (secondary N) is 1. The normalized spacial score (nSPS) is 16.4. The van der Waals surface area contributed by atoms with Gasteiger partial charge in [-0.05, 0) is 24.3 Å². The molecule has 0 atom stereocenters. The van der Waals surface area contributed by atoms with Gasteiger partial charge in [-0.1, -0.05) is 18.6 Å². The van der Waals surface area contributed by atoms with E-state index < -0.39 is 10.9 Å². The topological polar surface area (TPSA) is 92.5 Å². The molecule has 0 spiro atoms. The number of para-hydroxylation sites is 2. The van der Waals surface area contributed by atoms with Crippen LogP contribution in [0.4, 0.5) is 11.4 Å². The van der Waals surface area contributed by atoms with Gasteiger partial charge in [0.2, 0.25) is 0 Å². The average Bonchev–Trinajstić information content (AvgIpc) is 2.32. The third-order valence-electron chi connectivity index (χ3n) is 3.70. The highest BCUT2D eigenvalue weighted by Gasteiger charge is 2.39. The number of nitrogens with zero attached hydrogens (tertiary/aromatic N) is 1. The molecule has 6 heteroatoms. The number of benzene rings is 1. The zero-order valence-electron chi connectivity index (χ0n) is 10.5. The van der Waals surface area contributed by atoms with Gasteiger partial charge in [0.1, 0.15) is 5.69 Å². The first kappa shape index (κ1) is 13.3. The predicted molar refractivity (Wildman–Crippen MR) is 70.1 cm³/mol. The van der Waals surface area contributed by atoms with Gasteiger partial charge in [-0.25, -0.2) is 0 Å². The molecule has 1 aliphatic carbocycles. The first-order valence-electron chi connectivity index (χ1n) is 6.22. The minimum atomic E-state index is -0.816. The summed E-state index contributed by atoms with van der Waals surface area (Å²) in [6.45, 7) is 0.462. The molecule has 0 heterocycles. The van der Waals surface area contributed by atoms with E-state index in [1.165, 1.54) is 6.07 Å². The van der Waals surface area contributed by atoms with Crippen LogP contribution in [0.3, 0.4) is 0 Å². The molecular formula is C13H16N2O4. The van der Waals surface area contributed by atoms with Crippen LogP contribution in [-0.4, -0.2) is 22.5 Å². The lowest BCUT2D eigenvalue weighted by molar-refractivity contribution is -0.384. The third-order valence-corrected chi connectivity index (χ3v) is 3.70. The van der Waals surface area contributed by atoms with Crippen molar-refractivity contribution >= 4 is 17.3 Å². The van der Waals surface area contributed by atoms with E-state index >= 15 is 0 Å². The van der Waals surface area contributed by atoms with Gasteiger partial charge in [0.15, 0.2) is 0 Å². The number of carbonyl (C=O) groups is 1. The van der Waals surface area contributed by atoms with Crippen molar-refractivity contribution in [1.82, 2.24) is 0 Å². The summed E-state index contributed by atoms with van der Waals surface area (Å²) in [5.41, 5.74) is 0.215. The number of carboxylic acids is 1. The van der Waals surface area contributed by atoms with Crippen molar-refractivity contribution in [2.45, 2.75) is 25.7 Å². The second-order valence-corrected chi connectivity index (χ2v) is 5.05. The van der Waals surface area contributed by atoms with E-state index in [-0.39, 0.29) is 17.5 Å². The number of rotatable bonds is 6. The molecule has 102 valence electrons. The van der Waals surface area contributed by atoms with Crippen LogP contribution >= 0.6 is 0 Å². The second-order valence-electron chi connectivity index (χ2n) is 5.05. The zero-order chi connectivity index (χ0) is 13.9. The Morgan fingerprint density at radius 1 is 1.42 bits per heavy atom. The van der Waals surface area contributed by atoms with Crippen molar-refractivity contribution in [2.75, 3.05) is 11.9 Å². The molecule has 1 saturated carbocycles. The smallest absolute Gasteiger partial charge is 0.303 e. The lowest BCUT2D eigenvalue weighted by Gasteiger charge is -2.41. The molecule has 0 unspecified atom stereocenters. The molecule has 0 saturated heterocycles. The summed E-state index contributed by atoms with van der Waals surface area (Å²) >= 11 is 0. The van der Waals surface area contributed by atoms with E-state index in [1.54, 1.807) is 18.2 Å². The van der Waals surface area contributed by atoms with Crippen molar-refractivity contribution in [1.29, 1.82) is 0 Å². The van der Waals surface area contributed by atoms with Crippen LogP contribution in [0.1, 0.15) is 25.7 Å². The molecule has 0 aromatic heterocycles. The Kier molecular flexibility index (Phi) is 3.69. The Morgan fingerprint density at radius 3 is 2.63 bits per heavy atom. The fourth-order valence-electron chi connectivity index (χ4n) is 2.48. The van der Waals surface area contributed by atoms with Crippen molar-refractivity contribution in [3.8, 4) is 0 Å². The molecule has 6 nitrogen and oxygen atoms in total. The quantitative estimate of drug-likeness (QED) is 0.608. The second kappa shape index (κ2) is 5.26. The van der Waals surface area contributed by atoms with Crippen LogP contribution in [0.15, 0.2) is 24.3 Å². The Labute approximate surface area is 110 Å². The Hall–Kier alpha value is -2.11. The van der Waals surface area contributed by atoms with Gasteiger partial charge in [0, 0.05) is 12.6 Å². The monoisotopic (exact) mass is 264 g/mol. The van der Waals surface area contributed by atoms with Crippen molar-refractivity contribution in [2.24, 2.45) is 5.41 Å². The van der Waals surface area contributed by atoms with E-state index in [0.717, 1.165) is 19.3 Å². The Morgan fingerprint density at radius 2 is 2.11 bits per heavy atom. The van der Waals surface area contributed by atoms with E-state index in [0.29, 0.717) is 12.2 Å². The summed E-state index contributed by atoms with van der Waals surface area (Å²) < 4.78 is 0. The minimum absolute atomic E-state index is 0.0206. The lowest BCUT2D eigenvalue weighted by atomic mass is 9.66. The Bertz CT molecular complexity index is 497. The fourth-order valence-corrected chi connectivity index (χ4v) is 2.48. The van der Waals surface area contributed by atoms with Crippen molar-refractivity contribution < 1.29 is 14.8 Å². The van der Waals surface area contributed by atoms with E-state index in [4.69, 9.17) is 5.11 Å². The molecule has 0 aliphatic heterocycles. The number of aliphatic carboxylic acids is 1. The standard InChI is InChI=1S/C13H16N2O4/c16-12(17)8-13(6-3-7-13)9-14-10-4-1-2-5-11(10)15(18)19/h1-2,4-5,14H,3,6-9H2,(H,16,17). The molecule has 1 aromatic rings. The van der Waals surface area contributed by atoms with Gasteiger partial charge in [-0.3, -0.25) is 14.9 Å². The van der Waals surface area contributed by atoms with E-state index in [2.05, 4.69) is 5.32 Å². The fraction of sp³-hybridized carbons (Fsp3) is 0.462. The molecule has 0 bridgehead atoms. The van der Waals surface area contributed by atoms with Crippen molar-refractivity contribution in [3.63, 3.8) is 0 Å². The molecular weight excluding hydrogens is 248 g/mol. The summed E-state index contributed by atoms with van der Waals surface area (Å²) in [6, 6.07) is 6.41. The van der Waals surface area contributed by atoms with Crippen molar-refractivity contribution in [3.05, 3.63) is 34.4 Å². The molecule has 0 radical (unpaired) electrons. The summed E-state index contributed by atoms with van der Waals surface area (Å²) in [5.74, 6) is -0.816. The van der Waals surface area contributed by atoms with E-state index in [9.17, 15) is 14.9 Å². The number of hydrogen-bond donors (Lipinski definition) is 2. The maximum absolute atomic E-state index is 10.9. The first-order chi connectivity index (χ1) is 9.02. The number of hydrogen-bond acceptors (Lipinski definition) is 4. The Balaban J connectivity index is 2.06. The van der Waals surface area contributed by atoms with Crippen LogP contribution in [-0.2, 0) is 4.79 Å². The van der Waals surface area contributed by atoms with Crippen LogP contribution in [0, 0.1) is 15.5 Å². The largest absolute Gasteiger partial charge is 0.481 e. The average molecular weight is 264 g/mol. The highest BCUT2D eigenvalue weighted by molar-refractivity contribution is 5.68. The first-order valence-corrected chi connectivity index (χ1v) is 6.22. The zero-order valence-corrected chi connectivity index (χ0v) is 10.5. The van der Waals surface area contributed by atoms with Crippen LogP contribution in [0.5, 0.6) is 0 Å². The van der Waals surface area contributed by atoms with Crippen LogP contribution < -0.4 is 5.32 Å². The number of nitro benzene ring substituents is 1. The lowest BCUT2D eigenvalue weighted by Crippen LogP contribution is -2.38. The van der Waals surface area contributed by atoms with Gasteiger partial charge in [-0.15, -0.1) is 0 Å². The number of carboxylic acid groups (broad SMARTS) is 1. The molecule has 0 amide bonds. The molecule has 1 aromatic carbocycles. The predicted octanol–water partition coefficient (Wildman–Crippen LogP) is 2.65. The van der Waals surface area contributed by atoms with Crippen LogP contribution in [0.25, 0.3) is 0 Å². The highest BCUT2D eigenvalue weighted by atomic mass is 16.6. The summed E-state index contributed by atoms with van der Waals surface area (Å²) in [5, 5.41) is 22.8. The molecule has 2 N–H and O–H groups in total. The highest BCUT2D eigenvalue weighted by Crippen LogP contribution is 2.44. The maximum Gasteiger partial charge on any atom is 0.303 e. The van der Waals surface area contributed by atoms with Crippen LogP contribution in [0.2, 0.25) is 0 Å². The third kappa shape index (κ3) is 3.01. The number of nitro groups is 1.